The first-order chi connectivity index (χ1) is 13.1. The van der Waals surface area contributed by atoms with E-state index in [0.717, 1.165) is 16.3 Å². The smallest absolute Gasteiger partial charge is 0.332 e. The van der Waals surface area contributed by atoms with Gasteiger partial charge in [-0.05, 0) is 19.8 Å². The third kappa shape index (κ3) is 4.41. The van der Waals surface area contributed by atoms with Crippen molar-refractivity contribution in [3.63, 3.8) is 0 Å². The molecule has 0 aliphatic heterocycles. The summed E-state index contributed by atoms with van der Waals surface area (Å²) < 4.78 is 2.47. The topological polar surface area (TPSA) is 128 Å². The molecule has 28 heavy (non-hydrogen) atoms. The van der Waals surface area contributed by atoms with Gasteiger partial charge in [0, 0.05) is 20.6 Å². The minimum Gasteiger partial charge on any atom is -0.341 e. The minimum atomic E-state index is -0.704. The molecule has 1 atom stereocenters. The lowest BCUT2D eigenvalue weighted by Gasteiger charge is -2.16. The highest BCUT2D eigenvalue weighted by molar-refractivity contribution is 8.00. The molecule has 2 N–H and O–H groups in total. The highest BCUT2D eigenvalue weighted by Crippen LogP contribution is 2.26. The maximum absolute atomic E-state index is 12.8. The SMILES string of the molecule is CNC(=O)NC(=O)C(C)Sc1nc(C)nc2c1c(=O)n(C)c(=O)n2CC(C)C. The molecule has 1 unspecified atom stereocenters. The van der Waals surface area contributed by atoms with Crippen LogP contribution in [0.2, 0.25) is 0 Å². The predicted octanol–water partition coefficient (Wildman–Crippen LogP) is 0.391. The Morgan fingerprint density at radius 2 is 1.82 bits per heavy atom. The summed E-state index contributed by atoms with van der Waals surface area (Å²) in [7, 11) is 2.80. The molecule has 0 aromatic carbocycles. The van der Waals surface area contributed by atoms with Crippen molar-refractivity contribution in [1.82, 2.24) is 29.7 Å². The highest BCUT2D eigenvalue weighted by atomic mass is 32.2. The van der Waals surface area contributed by atoms with Crippen LogP contribution >= 0.6 is 11.8 Å². The zero-order valence-corrected chi connectivity index (χ0v) is 17.5. The molecule has 2 aromatic heterocycles. The van der Waals surface area contributed by atoms with Crippen LogP contribution < -0.4 is 21.9 Å². The van der Waals surface area contributed by atoms with Crippen LogP contribution in [0.4, 0.5) is 4.79 Å². The number of thioether (sulfide) groups is 1. The summed E-state index contributed by atoms with van der Waals surface area (Å²) in [5, 5.41) is 4.26. The van der Waals surface area contributed by atoms with Crippen molar-refractivity contribution in [2.24, 2.45) is 13.0 Å². The molecular formula is C17H24N6O4S. The lowest BCUT2D eigenvalue weighted by molar-refractivity contribution is -0.119. The first-order valence-electron chi connectivity index (χ1n) is 8.74. The Kier molecular flexibility index (Phi) is 6.60. The molecular weight excluding hydrogens is 384 g/mol. The number of urea groups is 1. The van der Waals surface area contributed by atoms with E-state index in [-0.39, 0.29) is 17.0 Å². The molecule has 11 heteroatoms. The van der Waals surface area contributed by atoms with Crippen molar-refractivity contribution in [2.75, 3.05) is 7.05 Å². The molecule has 2 rings (SSSR count). The molecule has 0 fully saturated rings. The van der Waals surface area contributed by atoms with E-state index >= 15 is 0 Å². The van der Waals surface area contributed by atoms with Crippen LogP contribution in [0.1, 0.15) is 26.6 Å². The Hall–Kier alpha value is -2.69. The van der Waals surface area contributed by atoms with Crippen LogP contribution in [-0.4, -0.2) is 43.3 Å². The van der Waals surface area contributed by atoms with Gasteiger partial charge in [0.25, 0.3) is 5.56 Å². The Morgan fingerprint density at radius 3 is 2.39 bits per heavy atom. The van der Waals surface area contributed by atoms with Gasteiger partial charge in [-0.1, -0.05) is 25.6 Å². The van der Waals surface area contributed by atoms with E-state index in [9.17, 15) is 19.2 Å². The van der Waals surface area contributed by atoms with Crippen LogP contribution in [0.5, 0.6) is 0 Å². The van der Waals surface area contributed by atoms with Crippen molar-refractivity contribution in [3.05, 3.63) is 26.7 Å². The van der Waals surface area contributed by atoms with Crippen LogP contribution in [0.15, 0.2) is 14.6 Å². The summed E-state index contributed by atoms with van der Waals surface area (Å²) >= 11 is 1.03. The van der Waals surface area contributed by atoms with Crippen LogP contribution in [0, 0.1) is 12.8 Å². The summed E-state index contributed by atoms with van der Waals surface area (Å²) in [6, 6.07) is -0.622. The van der Waals surface area contributed by atoms with Gasteiger partial charge in [-0.2, -0.15) is 0 Å². The zero-order valence-electron chi connectivity index (χ0n) is 16.7. The van der Waals surface area contributed by atoms with E-state index in [4.69, 9.17) is 0 Å². The number of imide groups is 1. The number of aryl methyl sites for hydroxylation is 1. The summed E-state index contributed by atoms with van der Waals surface area (Å²) in [4.78, 5) is 57.6. The van der Waals surface area contributed by atoms with E-state index < -0.39 is 28.4 Å². The second-order valence-electron chi connectivity index (χ2n) is 6.75. The first-order valence-corrected chi connectivity index (χ1v) is 9.62. The van der Waals surface area contributed by atoms with Gasteiger partial charge in [-0.3, -0.25) is 24.0 Å². The molecule has 0 saturated heterocycles. The number of carbonyl (C=O) groups is 2. The van der Waals surface area contributed by atoms with Crippen molar-refractivity contribution in [2.45, 2.75) is 44.5 Å². The number of fused-ring (bicyclic) bond motifs is 1. The average molecular weight is 408 g/mol. The lowest BCUT2D eigenvalue weighted by atomic mass is 10.2. The Bertz CT molecular complexity index is 1040. The second-order valence-corrected chi connectivity index (χ2v) is 8.08. The molecule has 2 aromatic rings. The molecule has 0 saturated carbocycles. The Labute approximate surface area is 165 Å². The first kappa shape index (κ1) is 21.6. The van der Waals surface area contributed by atoms with Gasteiger partial charge in [0.1, 0.15) is 16.2 Å². The van der Waals surface area contributed by atoms with E-state index in [2.05, 4.69) is 20.6 Å². The van der Waals surface area contributed by atoms with Crippen molar-refractivity contribution < 1.29 is 9.59 Å². The molecule has 0 aliphatic rings. The standard InChI is InChI=1S/C17H24N6O4S/c1-8(2)7-23-12-11(15(25)22(6)17(23)27)14(20-10(4)19-12)28-9(3)13(24)21-16(26)18-5/h8-9H,7H2,1-6H3,(H2,18,21,24,26). The average Bonchev–Trinajstić information content (AvgIpc) is 2.62. The number of rotatable bonds is 5. The van der Waals surface area contributed by atoms with Crippen LogP contribution in [-0.2, 0) is 18.4 Å². The summed E-state index contributed by atoms with van der Waals surface area (Å²) in [6.07, 6.45) is 0. The van der Waals surface area contributed by atoms with Gasteiger partial charge in [-0.25, -0.2) is 19.6 Å². The van der Waals surface area contributed by atoms with Gasteiger partial charge in [0.15, 0.2) is 5.65 Å². The number of aromatic nitrogens is 4. The van der Waals surface area contributed by atoms with E-state index in [1.165, 1.54) is 18.7 Å². The van der Waals surface area contributed by atoms with Crippen LogP contribution in [0.3, 0.4) is 0 Å². The zero-order chi connectivity index (χ0) is 21.2. The van der Waals surface area contributed by atoms with E-state index in [1.807, 2.05) is 13.8 Å². The fourth-order valence-corrected chi connectivity index (χ4v) is 3.54. The molecule has 152 valence electrons. The highest BCUT2D eigenvalue weighted by Gasteiger charge is 2.23. The van der Waals surface area contributed by atoms with Gasteiger partial charge in [0.05, 0.1) is 5.25 Å². The molecule has 10 nitrogen and oxygen atoms in total. The maximum atomic E-state index is 12.8. The van der Waals surface area contributed by atoms with E-state index in [0.29, 0.717) is 17.4 Å². The Balaban J connectivity index is 2.63. The van der Waals surface area contributed by atoms with Gasteiger partial charge < -0.3 is 5.32 Å². The number of nitrogens with zero attached hydrogens (tertiary/aromatic N) is 4. The van der Waals surface area contributed by atoms with Gasteiger partial charge >= 0.3 is 11.7 Å². The maximum Gasteiger partial charge on any atom is 0.332 e. The fraction of sp³-hybridized carbons (Fsp3) is 0.529. The molecule has 3 amide bonds. The molecule has 2 heterocycles. The third-order valence-electron chi connectivity index (χ3n) is 3.93. The summed E-state index contributed by atoms with van der Waals surface area (Å²) in [5.41, 5.74) is -0.734. The quantitative estimate of drug-likeness (QED) is 0.541. The van der Waals surface area contributed by atoms with Crippen molar-refractivity contribution >= 4 is 34.7 Å². The van der Waals surface area contributed by atoms with Crippen LogP contribution in [0.25, 0.3) is 11.0 Å². The molecule has 0 radical (unpaired) electrons. The Morgan fingerprint density at radius 1 is 1.18 bits per heavy atom. The van der Waals surface area contributed by atoms with Crippen molar-refractivity contribution in [3.8, 4) is 0 Å². The fourth-order valence-electron chi connectivity index (χ4n) is 2.55. The monoisotopic (exact) mass is 408 g/mol. The lowest BCUT2D eigenvalue weighted by Crippen LogP contribution is -2.41. The van der Waals surface area contributed by atoms with Gasteiger partial charge in [0.2, 0.25) is 5.91 Å². The predicted molar refractivity (Wildman–Crippen MR) is 107 cm³/mol. The third-order valence-corrected chi connectivity index (χ3v) is 5.02. The summed E-state index contributed by atoms with van der Waals surface area (Å²) in [5.74, 6) is 0.00203. The number of nitrogens with one attached hydrogen (secondary N) is 2. The van der Waals surface area contributed by atoms with Crippen molar-refractivity contribution in [1.29, 1.82) is 0 Å². The molecule has 0 bridgehead atoms. The number of amides is 3. The second kappa shape index (κ2) is 8.55. The largest absolute Gasteiger partial charge is 0.341 e. The molecule has 0 spiro atoms. The number of hydrogen-bond acceptors (Lipinski definition) is 7. The normalized spacial score (nSPS) is 12.2. The minimum absolute atomic E-state index is 0.155. The number of hydrogen-bond donors (Lipinski definition) is 2. The molecule has 0 aliphatic carbocycles. The number of carbonyl (C=O) groups excluding carboxylic acids is 2. The summed E-state index contributed by atoms with van der Waals surface area (Å²) in [6.45, 7) is 7.55. The van der Waals surface area contributed by atoms with Gasteiger partial charge in [-0.15, -0.1) is 0 Å². The van der Waals surface area contributed by atoms with E-state index in [1.54, 1.807) is 13.8 Å².